The van der Waals surface area contributed by atoms with Crippen LogP contribution in [-0.4, -0.2) is 23.1 Å². The Bertz CT molecular complexity index is 482. The number of nitrogens with one attached hydrogen (secondary N) is 1. The van der Waals surface area contributed by atoms with E-state index in [0.29, 0.717) is 11.8 Å². The summed E-state index contributed by atoms with van der Waals surface area (Å²) >= 11 is 5.91. The van der Waals surface area contributed by atoms with Gasteiger partial charge in [0.1, 0.15) is 23.7 Å². The summed E-state index contributed by atoms with van der Waals surface area (Å²) in [4.78, 5) is 22.6. The summed E-state index contributed by atoms with van der Waals surface area (Å²) in [5.41, 5.74) is -0.267. The molecular weight excluding hydrogens is 270 g/mol. The van der Waals surface area contributed by atoms with Gasteiger partial charge in [-0.15, -0.1) is 0 Å². The second kappa shape index (κ2) is 5.93. The van der Waals surface area contributed by atoms with Crippen molar-refractivity contribution in [3.05, 3.63) is 28.8 Å². The van der Waals surface area contributed by atoms with Gasteiger partial charge in [-0.3, -0.25) is 0 Å². The van der Waals surface area contributed by atoms with Crippen molar-refractivity contribution in [2.24, 2.45) is 0 Å². The van der Waals surface area contributed by atoms with Gasteiger partial charge in [0, 0.05) is 10.6 Å². The van der Waals surface area contributed by atoms with Crippen LogP contribution in [0.4, 0.5) is 4.79 Å². The molecule has 0 aliphatic rings. The van der Waals surface area contributed by atoms with Crippen LogP contribution >= 0.6 is 11.6 Å². The van der Waals surface area contributed by atoms with E-state index in [1.165, 1.54) is 18.2 Å². The Morgan fingerprint density at radius 1 is 1.47 bits per heavy atom. The fourth-order valence-electron chi connectivity index (χ4n) is 1.39. The van der Waals surface area contributed by atoms with Gasteiger partial charge in [0.15, 0.2) is 0 Å². The Kier molecular flexibility index (Phi) is 4.78. The van der Waals surface area contributed by atoms with Crippen molar-refractivity contribution in [3.63, 3.8) is 0 Å². The number of ether oxygens (including phenoxy) is 1. The zero-order chi connectivity index (χ0) is 14.6. The third-order valence-corrected chi connectivity index (χ3v) is 2.45. The molecule has 0 aromatic heterocycles. The van der Waals surface area contributed by atoms with E-state index in [1.807, 2.05) is 0 Å². The highest BCUT2D eigenvalue weighted by Gasteiger charge is 2.21. The normalized spacial score (nSPS) is 12.6. The fraction of sp³-hybridized carbons (Fsp3) is 0.385. The number of hydrogen-bond acceptors (Lipinski definition) is 4. The van der Waals surface area contributed by atoms with E-state index < -0.39 is 17.7 Å². The minimum atomic E-state index is -0.928. The molecule has 0 fully saturated rings. The van der Waals surface area contributed by atoms with Crippen LogP contribution in [-0.2, 0) is 9.53 Å². The molecule has 0 aliphatic carbocycles. The predicted octanol–water partition coefficient (Wildman–Crippen LogP) is 2.81. The maximum absolute atomic E-state index is 11.6. The Balaban J connectivity index is 2.84. The molecule has 0 saturated carbocycles. The minimum absolute atomic E-state index is 0.0179. The first-order chi connectivity index (χ1) is 8.73. The number of carbonyl (C=O) groups is 2. The third-order valence-electron chi connectivity index (χ3n) is 2.13. The summed E-state index contributed by atoms with van der Waals surface area (Å²) in [6.07, 6.45) is -0.170. The van der Waals surface area contributed by atoms with Crippen LogP contribution in [0.2, 0.25) is 5.02 Å². The molecule has 6 heteroatoms. The summed E-state index contributed by atoms with van der Waals surface area (Å²) < 4.78 is 5.05. The van der Waals surface area contributed by atoms with E-state index in [9.17, 15) is 14.7 Å². The molecule has 1 aromatic carbocycles. The first-order valence-corrected chi connectivity index (χ1v) is 6.04. The maximum Gasteiger partial charge on any atom is 0.408 e. The molecule has 104 valence electrons. The van der Waals surface area contributed by atoms with Crippen LogP contribution in [0.15, 0.2) is 18.2 Å². The topological polar surface area (TPSA) is 75.6 Å². The number of alkyl carbamates (subject to hydrolysis) is 1. The Morgan fingerprint density at radius 3 is 2.58 bits per heavy atom. The monoisotopic (exact) mass is 285 g/mol. The van der Waals surface area contributed by atoms with Gasteiger partial charge in [-0.2, -0.15) is 0 Å². The van der Waals surface area contributed by atoms with Gasteiger partial charge >= 0.3 is 6.09 Å². The second-order valence-electron chi connectivity index (χ2n) is 4.97. The molecule has 0 heterocycles. The van der Waals surface area contributed by atoms with Crippen LogP contribution in [0.5, 0.6) is 5.75 Å². The molecule has 0 aliphatic heterocycles. The SMILES string of the molecule is CC(C)(C)OC(=O)NC(C=O)c1ccc(O)cc1Cl. The first-order valence-electron chi connectivity index (χ1n) is 5.66. The highest BCUT2D eigenvalue weighted by Crippen LogP contribution is 2.26. The van der Waals surface area contributed by atoms with Crippen LogP contribution in [0.3, 0.4) is 0 Å². The first kappa shape index (κ1) is 15.3. The molecule has 5 nitrogen and oxygen atoms in total. The van der Waals surface area contributed by atoms with Crippen molar-refractivity contribution in [2.75, 3.05) is 0 Å². The van der Waals surface area contributed by atoms with Gasteiger partial charge in [0.25, 0.3) is 0 Å². The van der Waals surface area contributed by atoms with E-state index in [0.717, 1.165) is 0 Å². The van der Waals surface area contributed by atoms with Crippen molar-refractivity contribution in [2.45, 2.75) is 32.4 Å². The summed E-state index contributed by atoms with van der Waals surface area (Å²) in [7, 11) is 0. The zero-order valence-electron chi connectivity index (χ0n) is 10.9. The number of rotatable bonds is 3. The average Bonchev–Trinajstić information content (AvgIpc) is 2.24. The number of halogens is 1. The summed E-state index contributed by atoms with van der Waals surface area (Å²) in [5.74, 6) is -0.0179. The van der Waals surface area contributed by atoms with Crippen molar-refractivity contribution in [3.8, 4) is 5.75 Å². The number of amides is 1. The minimum Gasteiger partial charge on any atom is -0.508 e. The largest absolute Gasteiger partial charge is 0.508 e. The lowest BCUT2D eigenvalue weighted by Gasteiger charge is -2.22. The van der Waals surface area contributed by atoms with Crippen LogP contribution in [0, 0.1) is 0 Å². The van der Waals surface area contributed by atoms with Gasteiger partial charge in [-0.05, 0) is 32.9 Å². The lowest BCUT2D eigenvalue weighted by Crippen LogP contribution is -2.35. The second-order valence-corrected chi connectivity index (χ2v) is 5.37. The number of phenols is 1. The van der Waals surface area contributed by atoms with Gasteiger partial charge in [0.2, 0.25) is 0 Å². The number of hydrogen-bond donors (Lipinski definition) is 2. The molecule has 1 aromatic rings. The Labute approximate surface area is 116 Å². The molecule has 0 bridgehead atoms. The summed E-state index contributed by atoms with van der Waals surface area (Å²) in [5, 5.41) is 11.8. The molecule has 0 saturated heterocycles. The van der Waals surface area contributed by atoms with Crippen molar-refractivity contribution in [1.29, 1.82) is 0 Å². The van der Waals surface area contributed by atoms with E-state index in [2.05, 4.69) is 5.32 Å². The van der Waals surface area contributed by atoms with Crippen LogP contribution in [0.25, 0.3) is 0 Å². The zero-order valence-corrected chi connectivity index (χ0v) is 11.7. The van der Waals surface area contributed by atoms with Crippen LogP contribution in [0.1, 0.15) is 32.4 Å². The molecule has 1 rings (SSSR count). The van der Waals surface area contributed by atoms with Gasteiger partial charge < -0.3 is 20.0 Å². The molecule has 1 unspecified atom stereocenters. The van der Waals surface area contributed by atoms with Gasteiger partial charge in [-0.25, -0.2) is 4.79 Å². The van der Waals surface area contributed by atoms with Gasteiger partial charge in [-0.1, -0.05) is 17.7 Å². The molecule has 19 heavy (non-hydrogen) atoms. The molecule has 0 radical (unpaired) electrons. The molecule has 1 amide bonds. The number of carbonyl (C=O) groups excluding carboxylic acids is 2. The lowest BCUT2D eigenvalue weighted by atomic mass is 10.1. The molecule has 1 atom stereocenters. The van der Waals surface area contributed by atoms with E-state index in [1.54, 1.807) is 20.8 Å². The molecular formula is C13H16ClNO4. The predicted molar refractivity (Wildman–Crippen MR) is 71.3 cm³/mol. The molecule has 2 N–H and O–H groups in total. The number of aromatic hydroxyl groups is 1. The summed E-state index contributed by atoms with van der Waals surface area (Å²) in [6, 6.07) is 3.22. The summed E-state index contributed by atoms with van der Waals surface area (Å²) in [6.45, 7) is 5.15. The number of benzene rings is 1. The fourth-order valence-corrected chi connectivity index (χ4v) is 1.68. The molecule has 0 spiro atoms. The van der Waals surface area contributed by atoms with E-state index in [4.69, 9.17) is 16.3 Å². The Hall–Kier alpha value is -1.75. The third kappa shape index (κ3) is 4.79. The lowest BCUT2D eigenvalue weighted by molar-refractivity contribution is -0.109. The number of phenolic OH excluding ortho intramolecular Hbond substituents is 1. The maximum atomic E-state index is 11.6. The quantitative estimate of drug-likeness (QED) is 0.837. The van der Waals surface area contributed by atoms with E-state index >= 15 is 0 Å². The average molecular weight is 286 g/mol. The highest BCUT2D eigenvalue weighted by molar-refractivity contribution is 6.31. The number of aldehydes is 1. The van der Waals surface area contributed by atoms with Crippen molar-refractivity contribution in [1.82, 2.24) is 5.32 Å². The van der Waals surface area contributed by atoms with Crippen molar-refractivity contribution < 1.29 is 19.4 Å². The van der Waals surface area contributed by atoms with Gasteiger partial charge in [0.05, 0.1) is 0 Å². The Morgan fingerprint density at radius 2 is 2.11 bits per heavy atom. The smallest absolute Gasteiger partial charge is 0.408 e. The van der Waals surface area contributed by atoms with Crippen LogP contribution < -0.4 is 5.32 Å². The van der Waals surface area contributed by atoms with E-state index in [-0.39, 0.29) is 10.8 Å². The highest BCUT2D eigenvalue weighted by atomic mass is 35.5. The standard InChI is InChI=1S/C13H16ClNO4/c1-13(2,3)19-12(18)15-11(7-16)9-5-4-8(17)6-10(9)14/h4-7,11,17H,1-3H3,(H,15,18). The van der Waals surface area contributed by atoms with Crippen molar-refractivity contribution >= 4 is 24.0 Å².